The highest BCUT2D eigenvalue weighted by Crippen LogP contribution is 2.33. The number of amides is 2. The van der Waals surface area contributed by atoms with Crippen molar-refractivity contribution in [2.45, 2.75) is 57.2 Å². The van der Waals surface area contributed by atoms with E-state index in [2.05, 4.69) is 10.6 Å². The first-order valence-corrected chi connectivity index (χ1v) is 16.9. The summed E-state index contributed by atoms with van der Waals surface area (Å²) in [5.74, 6) is -18.4. The van der Waals surface area contributed by atoms with Crippen LogP contribution in [-0.2, 0) is 41.7 Å². The van der Waals surface area contributed by atoms with Gasteiger partial charge in [-0.05, 0) is 47.7 Å². The van der Waals surface area contributed by atoms with Gasteiger partial charge in [-0.1, -0.05) is 86.6 Å². The lowest BCUT2D eigenvalue weighted by Crippen LogP contribution is -2.52. The number of carbonyl (C=O) groups is 6. The first-order chi connectivity index (χ1) is 26.5. The third-order valence-electron chi connectivity index (χ3n) is 8.07. The number of ether oxygens (including phenoxy) is 1. The molecule has 12 nitrogen and oxygen atoms in total. The maximum atomic E-state index is 13.9. The number of aliphatic carboxylic acids is 3. The fourth-order valence-corrected chi connectivity index (χ4v) is 5.45. The molecule has 0 radical (unpaired) electrons. The predicted octanol–water partition coefficient (Wildman–Crippen LogP) is 5.99. The fraction of sp³-hybridized carbons (Fsp3) is 0.250. The molecule has 16 heteroatoms. The second-order valence-electron chi connectivity index (χ2n) is 12.7. The van der Waals surface area contributed by atoms with E-state index in [1.54, 1.807) is 12.1 Å². The summed E-state index contributed by atoms with van der Waals surface area (Å²) in [4.78, 5) is 72.0. The summed E-state index contributed by atoms with van der Waals surface area (Å²) in [6, 6.07) is 20.7. The van der Waals surface area contributed by atoms with Gasteiger partial charge in [0.25, 0.3) is 0 Å². The average molecular weight is 783 g/mol. The van der Waals surface area contributed by atoms with E-state index in [9.17, 15) is 61.6 Å². The molecule has 0 saturated heterocycles. The van der Waals surface area contributed by atoms with Crippen LogP contribution in [0.4, 0.5) is 22.4 Å². The van der Waals surface area contributed by atoms with Crippen molar-refractivity contribution in [2.24, 2.45) is 5.92 Å². The molecule has 0 aromatic heterocycles. The van der Waals surface area contributed by atoms with E-state index in [1.807, 2.05) is 62.4 Å². The monoisotopic (exact) mass is 782 g/mol. The van der Waals surface area contributed by atoms with Crippen molar-refractivity contribution >= 4 is 35.7 Å². The first-order valence-electron chi connectivity index (χ1n) is 16.9. The highest BCUT2D eigenvalue weighted by Gasteiger charge is 2.43. The van der Waals surface area contributed by atoms with Crippen molar-refractivity contribution in [1.29, 1.82) is 0 Å². The molecule has 0 spiro atoms. The summed E-state index contributed by atoms with van der Waals surface area (Å²) < 4.78 is 60.8. The Labute approximate surface area is 318 Å². The van der Waals surface area contributed by atoms with Gasteiger partial charge in [0.2, 0.25) is 5.91 Å². The fourth-order valence-electron chi connectivity index (χ4n) is 5.45. The zero-order valence-corrected chi connectivity index (χ0v) is 30.0. The van der Waals surface area contributed by atoms with Gasteiger partial charge in [0.1, 0.15) is 53.8 Å². The van der Waals surface area contributed by atoms with Crippen LogP contribution in [0, 0.1) is 29.2 Å². The number of Topliss-reactive ketones (excluding diaryl/α,β-unsaturated/α-hetero) is 1. The molecule has 4 aromatic carbocycles. The Balaban J connectivity index is 0.000000303. The third-order valence-corrected chi connectivity index (χ3v) is 8.07. The van der Waals surface area contributed by atoms with Gasteiger partial charge in [0, 0.05) is 17.5 Å². The molecule has 2 unspecified atom stereocenters. The highest BCUT2D eigenvalue weighted by molar-refractivity contribution is 6.14. The Bertz CT molecular complexity index is 1900. The van der Waals surface area contributed by atoms with Crippen LogP contribution >= 0.6 is 0 Å². The molecule has 0 bridgehead atoms. The normalized spacial score (nSPS) is 12.8. The number of halogens is 4. The van der Waals surface area contributed by atoms with Crippen molar-refractivity contribution in [3.8, 4) is 0 Å². The lowest BCUT2D eigenvalue weighted by atomic mass is 9.83. The van der Waals surface area contributed by atoms with Crippen molar-refractivity contribution < 1.29 is 66.4 Å². The molecule has 4 rings (SSSR count). The molecular weight excluding hydrogens is 744 g/mol. The number of ketones is 1. The van der Waals surface area contributed by atoms with Crippen molar-refractivity contribution in [1.82, 2.24) is 10.6 Å². The van der Waals surface area contributed by atoms with E-state index in [4.69, 9.17) is 4.74 Å². The molecule has 4 aromatic rings. The Morgan fingerprint density at radius 3 is 1.39 bits per heavy atom. The van der Waals surface area contributed by atoms with Crippen molar-refractivity contribution in [3.63, 3.8) is 0 Å². The smallest absolute Gasteiger partial charge is 0.408 e. The highest BCUT2D eigenvalue weighted by atomic mass is 19.1. The van der Waals surface area contributed by atoms with Crippen LogP contribution in [0.2, 0.25) is 0 Å². The molecule has 2 amide bonds. The number of hydrogen-bond acceptors (Lipinski definition) is 7. The second-order valence-corrected chi connectivity index (χ2v) is 12.7. The SMILES string of the molecule is CC(C)C[C@H](NC(=O)OCc1ccccc1)C(=O)N[C@@H](Cc1ccccc1)C(=O)O.O=C(O)C(C(=O)C(C(=O)O)c1c(F)cccc1F)c1c(F)cccc1F. The van der Waals surface area contributed by atoms with Gasteiger partial charge < -0.3 is 30.7 Å². The number of alkyl carbamates (subject to hydrolysis) is 1. The van der Waals surface area contributed by atoms with Crippen LogP contribution in [0.15, 0.2) is 97.1 Å². The minimum atomic E-state index is -2.61. The summed E-state index contributed by atoms with van der Waals surface area (Å²) >= 11 is 0. The zero-order chi connectivity index (χ0) is 41.5. The van der Waals surface area contributed by atoms with E-state index in [1.165, 1.54) is 0 Å². The Kier molecular flexibility index (Phi) is 16.2. The maximum Gasteiger partial charge on any atom is 0.408 e. The number of nitrogens with one attached hydrogen (secondary N) is 2. The van der Waals surface area contributed by atoms with Gasteiger partial charge in [-0.15, -0.1) is 0 Å². The largest absolute Gasteiger partial charge is 0.480 e. The van der Waals surface area contributed by atoms with Gasteiger partial charge >= 0.3 is 24.0 Å². The first kappa shape index (κ1) is 43.8. The topological polar surface area (TPSA) is 196 Å². The lowest BCUT2D eigenvalue weighted by Gasteiger charge is -2.22. The number of benzene rings is 4. The Hall–Kier alpha value is -6.58. The van der Waals surface area contributed by atoms with Gasteiger partial charge in [-0.3, -0.25) is 19.2 Å². The number of hydrogen-bond donors (Lipinski definition) is 5. The quantitative estimate of drug-likeness (QED) is 0.0666. The van der Waals surface area contributed by atoms with Gasteiger partial charge in [-0.2, -0.15) is 0 Å². The zero-order valence-electron chi connectivity index (χ0n) is 30.0. The van der Waals surface area contributed by atoms with Crippen molar-refractivity contribution in [2.75, 3.05) is 0 Å². The molecule has 0 saturated carbocycles. The standard InChI is InChI=1S/C23H28N2O5.C17H10F4O5/c1-16(2)13-19(25-23(29)30-15-18-11-7-4-8-12-18)21(26)24-20(22(27)28)14-17-9-5-3-6-10-17;18-7-3-1-4-8(19)11(7)13(16(23)24)15(22)14(17(25)26)12-9(20)5-2-6-10(12)21/h3-12,16,19-20H,13-15H2,1-2H3,(H,24,26)(H,25,29)(H,27,28);1-6,13-14H,(H,23,24)(H,25,26)/t19-,20-;/m0./s1. The minimum Gasteiger partial charge on any atom is -0.480 e. The Morgan fingerprint density at radius 1 is 0.571 bits per heavy atom. The molecule has 0 aliphatic rings. The second kappa shape index (κ2) is 20.8. The van der Waals surface area contributed by atoms with Gasteiger partial charge in [0.15, 0.2) is 5.78 Å². The van der Waals surface area contributed by atoms with Crippen LogP contribution in [0.3, 0.4) is 0 Å². The molecule has 5 N–H and O–H groups in total. The molecule has 0 aliphatic heterocycles. The molecule has 0 heterocycles. The average Bonchev–Trinajstić information content (AvgIpc) is 3.13. The number of carboxylic acid groups (broad SMARTS) is 3. The van der Waals surface area contributed by atoms with Crippen LogP contribution in [0.5, 0.6) is 0 Å². The summed E-state index contributed by atoms with van der Waals surface area (Å²) in [6.45, 7) is 3.90. The van der Waals surface area contributed by atoms with Crippen molar-refractivity contribution in [3.05, 3.63) is 143 Å². The Morgan fingerprint density at radius 2 is 1.00 bits per heavy atom. The number of carbonyl (C=O) groups excluding carboxylic acids is 3. The molecule has 296 valence electrons. The molecule has 0 aliphatic carbocycles. The summed E-state index contributed by atoms with van der Waals surface area (Å²) in [7, 11) is 0. The van der Waals surface area contributed by atoms with E-state index < -0.39 is 94.0 Å². The van der Waals surface area contributed by atoms with Crippen LogP contribution in [0.25, 0.3) is 0 Å². The molecule has 0 fully saturated rings. The van der Waals surface area contributed by atoms with Crippen LogP contribution in [-0.4, -0.2) is 63.1 Å². The number of carboxylic acids is 3. The summed E-state index contributed by atoms with van der Waals surface area (Å²) in [5, 5.41) is 33.1. The van der Waals surface area contributed by atoms with Gasteiger partial charge in [0.05, 0.1) is 0 Å². The van der Waals surface area contributed by atoms with Crippen LogP contribution < -0.4 is 10.6 Å². The summed E-state index contributed by atoms with van der Waals surface area (Å²) in [6.07, 6.45) is -0.229. The molecular formula is C40H38F4N2O10. The van der Waals surface area contributed by atoms with E-state index in [-0.39, 0.29) is 18.9 Å². The third kappa shape index (κ3) is 12.5. The van der Waals surface area contributed by atoms with E-state index >= 15 is 0 Å². The molecule has 56 heavy (non-hydrogen) atoms. The maximum absolute atomic E-state index is 13.9. The molecule has 4 atom stereocenters. The number of rotatable bonds is 16. The lowest BCUT2D eigenvalue weighted by molar-refractivity contribution is -0.147. The summed E-state index contributed by atoms with van der Waals surface area (Å²) in [5.41, 5.74) is -0.812. The minimum absolute atomic E-state index is 0.0778. The van der Waals surface area contributed by atoms with Crippen LogP contribution in [0.1, 0.15) is 54.4 Å². The predicted molar refractivity (Wildman–Crippen MR) is 191 cm³/mol. The van der Waals surface area contributed by atoms with E-state index in [0.29, 0.717) is 30.7 Å². The van der Waals surface area contributed by atoms with Gasteiger partial charge in [-0.25, -0.2) is 27.2 Å². The van der Waals surface area contributed by atoms with E-state index in [0.717, 1.165) is 23.3 Å².